The maximum Gasteiger partial charge on any atom is 0.289 e. The van der Waals surface area contributed by atoms with Gasteiger partial charge in [-0.3, -0.25) is 4.79 Å². The molecule has 132 valence electrons. The summed E-state index contributed by atoms with van der Waals surface area (Å²) in [6.45, 7) is 1.25. The van der Waals surface area contributed by atoms with Gasteiger partial charge in [0.25, 0.3) is 5.91 Å². The lowest BCUT2D eigenvalue weighted by Crippen LogP contribution is -2.31. The average molecular weight is 349 g/mol. The molecule has 1 atom stereocenters. The molecule has 0 saturated heterocycles. The van der Waals surface area contributed by atoms with E-state index in [0.29, 0.717) is 17.9 Å². The number of hydrogen-bond donors (Lipinski definition) is 1. The Morgan fingerprint density at radius 2 is 1.96 bits per heavy atom. The molecule has 6 nitrogen and oxygen atoms in total. The molecule has 0 fully saturated rings. The number of hydrogen-bond acceptors (Lipinski definition) is 4. The Hall–Kier alpha value is -3.28. The van der Waals surface area contributed by atoms with Crippen molar-refractivity contribution < 1.29 is 14.3 Å². The van der Waals surface area contributed by atoms with E-state index in [1.807, 2.05) is 47.2 Å². The standard InChI is InChI=1S/C20H19N3O3/c24-19-17(15-6-2-1-3-7-15)18(16-8-4-13-26-16)23(20(19)25)11-5-10-22-12-9-21-14-22/h1-4,6-9,12-14,18,24H,5,10-11H2. The number of furan rings is 1. The van der Waals surface area contributed by atoms with Gasteiger partial charge in [0.15, 0.2) is 5.76 Å². The van der Waals surface area contributed by atoms with Crippen molar-refractivity contribution in [2.24, 2.45) is 0 Å². The highest BCUT2D eigenvalue weighted by atomic mass is 16.3. The number of aliphatic hydroxyl groups is 1. The zero-order chi connectivity index (χ0) is 17.9. The van der Waals surface area contributed by atoms with Crippen molar-refractivity contribution in [2.75, 3.05) is 6.54 Å². The van der Waals surface area contributed by atoms with Gasteiger partial charge in [0, 0.05) is 31.1 Å². The number of aryl methyl sites for hydroxylation is 1. The number of imidazole rings is 1. The van der Waals surface area contributed by atoms with Crippen LogP contribution in [0, 0.1) is 0 Å². The Labute approximate surface area is 151 Å². The highest BCUT2D eigenvalue weighted by molar-refractivity contribution is 6.05. The van der Waals surface area contributed by atoms with Crippen molar-refractivity contribution in [3.8, 4) is 0 Å². The monoisotopic (exact) mass is 349 g/mol. The molecule has 26 heavy (non-hydrogen) atoms. The molecular formula is C20H19N3O3. The predicted molar refractivity (Wildman–Crippen MR) is 96.0 cm³/mol. The van der Waals surface area contributed by atoms with Crippen molar-refractivity contribution in [3.05, 3.63) is 84.5 Å². The van der Waals surface area contributed by atoms with Crippen LogP contribution in [0.4, 0.5) is 0 Å². The summed E-state index contributed by atoms with van der Waals surface area (Å²) >= 11 is 0. The molecule has 4 rings (SSSR count). The van der Waals surface area contributed by atoms with Gasteiger partial charge in [0.2, 0.25) is 0 Å². The van der Waals surface area contributed by atoms with Crippen LogP contribution in [0.1, 0.15) is 23.8 Å². The minimum absolute atomic E-state index is 0.208. The molecule has 1 aromatic carbocycles. The molecule has 3 heterocycles. The molecule has 0 spiro atoms. The van der Waals surface area contributed by atoms with Crippen LogP contribution in [0.25, 0.3) is 5.57 Å². The Bertz CT molecular complexity index is 899. The van der Waals surface area contributed by atoms with E-state index in [9.17, 15) is 9.90 Å². The van der Waals surface area contributed by atoms with Crippen LogP contribution in [-0.2, 0) is 11.3 Å². The van der Waals surface area contributed by atoms with E-state index >= 15 is 0 Å². The molecule has 0 bridgehead atoms. The molecule has 1 amide bonds. The van der Waals surface area contributed by atoms with E-state index in [1.54, 1.807) is 29.8 Å². The van der Waals surface area contributed by atoms with E-state index in [-0.39, 0.29) is 11.7 Å². The summed E-state index contributed by atoms with van der Waals surface area (Å²) in [5.74, 6) is 0.0694. The second-order valence-electron chi connectivity index (χ2n) is 6.20. The highest BCUT2D eigenvalue weighted by Gasteiger charge is 2.42. The number of benzene rings is 1. The average Bonchev–Trinajstić information content (AvgIpc) is 3.40. The molecular weight excluding hydrogens is 330 g/mol. The number of amides is 1. The summed E-state index contributed by atoms with van der Waals surface area (Å²) < 4.78 is 7.56. The first-order valence-corrected chi connectivity index (χ1v) is 8.54. The van der Waals surface area contributed by atoms with Crippen LogP contribution in [0.2, 0.25) is 0 Å². The smallest absolute Gasteiger partial charge is 0.289 e. The Balaban J connectivity index is 1.63. The number of aliphatic hydroxyl groups excluding tert-OH is 1. The Kier molecular flexibility index (Phi) is 4.31. The van der Waals surface area contributed by atoms with Crippen LogP contribution in [0.3, 0.4) is 0 Å². The maximum atomic E-state index is 12.7. The first kappa shape index (κ1) is 16.2. The van der Waals surface area contributed by atoms with Crippen LogP contribution in [-0.4, -0.2) is 32.0 Å². The lowest BCUT2D eigenvalue weighted by atomic mass is 9.97. The van der Waals surface area contributed by atoms with Crippen LogP contribution in [0.5, 0.6) is 0 Å². The van der Waals surface area contributed by atoms with Gasteiger partial charge in [-0.25, -0.2) is 4.98 Å². The van der Waals surface area contributed by atoms with Gasteiger partial charge in [0.1, 0.15) is 11.8 Å². The Morgan fingerprint density at radius 1 is 1.12 bits per heavy atom. The molecule has 6 heteroatoms. The first-order chi connectivity index (χ1) is 12.8. The summed E-state index contributed by atoms with van der Waals surface area (Å²) in [6, 6.07) is 12.7. The quantitative estimate of drug-likeness (QED) is 0.740. The van der Waals surface area contributed by atoms with Crippen molar-refractivity contribution in [3.63, 3.8) is 0 Å². The molecule has 0 aliphatic carbocycles. The van der Waals surface area contributed by atoms with Crippen molar-refractivity contribution in [2.45, 2.75) is 19.0 Å². The van der Waals surface area contributed by atoms with Gasteiger partial charge in [-0.15, -0.1) is 0 Å². The third kappa shape index (κ3) is 2.90. The molecule has 3 aromatic rings. The molecule has 0 radical (unpaired) electrons. The third-order valence-corrected chi connectivity index (χ3v) is 4.58. The van der Waals surface area contributed by atoms with E-state index in [0.717, 1.165) is 18.5 Å². The molecule has 1 unspecified atom stereocenters. The fourth-order valence-electron chi connectivity index (χ4n) is 3.38. The fourth-order valence-corrected chi connectivity index (χ4v) is 3.38. The number of nitrogens with zero attached hydrogens (tertiary/aromatic N) is 3. The normalized spacial score (nSPS) is 17.3. The summed E-state index contributed by atoms with van der Waals surface area (Å²) in [4.78, 5) is 18.4. The zero-order valence-corrected chi connectivity index (χ0v) is 14.2. The van der Waals surface area contributed by atoms with E-state index in [2.05, 4.69) is 4.98 Å². The lowest BCUT2D eigenvalue weighted by molar-refractivity contribution is -0.129. The van der Waals surface area contributed by atoms with E-state index in [1.165, 1.54) is 0 Å². The number of carbonyl (C=O) groups excluding carboxylic acids is 1. The van der Waals surface area contributed by atoms with Gasteiger partial charge in [0.05, 0.1) is 12.6 Å². The van der Waals surface area contributed by atoms with Crippen molar-refractivity contribution in [1.82, 2.24) is 14.5 Å². The molecule has 1 N–H and O–H groups in total. The fraction of sp³-hybridized carbons (Fsp3) is 0.200. The first-order valence-electron chi connectivity index (χ1n) is 8.54. The van der Waals surface area contributed by atoms with Gasteiger partial charge in [-0.2, -0.15) is 0 Å². The van der Waals surface area contributed by atoms with Crippen LogP contribution >= 0.6 is 0 Å². The molecule has 1 aliphatic heterocycles. The van der Waals surface area contributed by atoms with Gasteiger partial charge in [-0.05, 0) is 24.1 Å². The second-order valence-corrected chi connectivity index (χ2v) is 6.20. The molecule has 2 aromatic heterocycles. The number of carbonyl (C=O) groups is 1. The summed E-state index contributed by atoms with van der Waals surface area (Å²) in [7, 11) is 0. The third-order valence-electron chi connectivity index (χ3n) is 4.58. The van der Waals surface area contributed by atoms with Gasteiger partial charge in [-0.1, -0.05) is 30.3 Å². The van der Waals surface area contributed by atoms with Gasteiger partial charge >= 0.3 is 0 Å². The largest absolute Gasteiger partial charge is 0.503 e. The molecule has 0 saturated carbocycles. The minimum Gasteiger partial charge on any atom is -0.503 e. The molecule has 1 aliphatic rings. The second kappa shape index (κ2) is 6.92. The van der Waals surface area contributed by atoms with Gasteiger partial charge < -0.3 is 19.0 Å². The number of aromatic nitrogens is 2. The van der Waals surface area contributed by atoms with Crippen molar-refractivity contribution in [1.29, 1.82) is 0 Å². The lowest BCUT2D eigenvalue weighted by Gasteiger charge is -2.25. The summed E-state index contributed by atoms with van der Waals surface area (Å²) in [5.41, 5.74) is 1.41. The van der Waals surface area contributed by atoms with Crippen molar-refractivity contribution >= 4 is 11.5 Å². The predicted octanol–water partition coefficient (Wildman–Crippen LogP) is 3.42. The summed E-state index contributed by atoms with van der Waals surface area (Å²) in [5, 5.41) is 10.6. The van der Waals surface area contributed by atoms with Crippen LogP contribution < -0.4 is 0 Å². The SMILES string of the molecule is O=C1C(O)=C(c2ccccc2)C(c2ccco2)N1CCCn1ccnc1. The van der Waals surface area contributed by atoms with E-state index in [4.69, 9.17) is 4.42 Å². The topological polar surface area (TPSA) is 71.5 Å². The minimum atomic E-state index is -0.428. The summed E-state index contributed by atoms with van der Waals surface area (Å²) in [6.07, 6.45) is 7.70. The number of rotatable bonds is 6. The van der Waals surface area contributed by atoms with E-state index < -0.39 is 6.04 Å². The zero-order valence-electron chi connectivity index (χ0n) is 14.2. The van der Waals surface area contributed by atoms with Crippen LogP contribution in [0.15, 0.2) is 77.6 Å². The Morgan fingerprint density at radius 3 is 2.65 bits per heavy atom. The maximum absolute atomic E-state index is 12.7. The highest BCUT2D eigenvalue weighted by Crippen LogP contribution is 2.43.